The van der Waals surface area contributed by atoms with Crippen molar-refractivity contribution in [3.05, 3.63) is 29.8 Å². The number of ether oxygens (including phenoxy) is 1. The second kappa shape index (κ2) is 5.67. The smallest absolute Gasteiger partial charge is 0.337 e. The molecule has 96 valence electrons. The minimum absolute atomic E-state index is 0.0468. The monoisotopic (exact) mass is 247 g/mol. The molecule has 1 amide bonds. The SMILES string of the molecule is COC(=O)c1ccc(NC(=O)CC2CCC2)cc1. The number of carbonyl (C=O) groups excluding carboxylic acids is 2. The fraction of sp³-hybridized carbons (Fsp3) is 0.429. The molecule has 2 rings (SSSR count). The van der Waals surface area contributed by atoms with E-state index < -0.39 is 0 Å². The average Bonchev–Trinajstić information content (AvgIpc) is 2.34. The normalized spacial score (nSPS) is 14.7. The fourth-order valence-electron chi connectivity index (χ4n) is 1.98. The first-order valence-electron chi connectivity index (χ1n) is 6.17. The molecule has 0 bridgehead atoms. The van der Waals surface area contributed by atoms with Gasteiger partial charge in [-0.1, -0.05) is 6.42 Å². The van der Waals surface area contributed by atoms with Crippen LogP contribution in [0, 0.1) is 5.92 Å². The molecule has 0 atom stereocenters. The second-order valence-electron chi connectivity index (χ2n) is 4.62. The summed E-state index contributed by atoms with van der Waals surface area (Å²) in [6.45, 7) is 0. The van der Waals surface area contributed by atoms with Crippen LogP contribution < -0.4 is 5.32 Å². The Bertz CT molecular complexity index is 435. The number of anilines is 1. The summed E-state index contributed by atoms with van der Waals surface area (Å²) in [6, 6.07) is 6.71. The molecule has 4 heteroatoms. The van der Waals surface area contributed by atoms with E-state index in [4.69, 9.17) is 0 Å². The standard InChI is InChI=1S/C14H17NO3/c1-18-14(17)11-5-7-12(8-6-11)15-13(16)9-10-3-2-4-10/h5-8,10H,2-4,9H2,1H3,(H,15,16). The Balaban J connectivity index is 1.89. The van der Waals surface area contributed by atoms with Crippen LogP contribution in [0.2, 0.25) is 0 Å². The Morgan fingerprint density at radius 2 is 1.94 bits per heavy atom. The minimum Gasteiger partial charge on any atom is -0.465 e. The lowest BCUT2D eigenvalue weighted by atomic mass is 9.83. The Hall–Kier alpha value is -1.84. The van der Waals surface area contributed by atoms with Crippen molar-refractivity contribution in [2.75, 3.05) is 12.4 Å². The summed E-state index contributed by atoms with van der Waals surface area (Å²) < 4.78 is 4.61. The van der Waals surface area contributed by atoms with Crippen molar-refractivity contribution in [2.24, 2.45) is 5.92 Å². The molecule has 1 aromatic rings. The van der Waals surface area contributed by atoms with E-state index in [1.165, 1.54) is 13.5 Å². The van der Waals surface area contributed by atoms with Crippen LogP contribution in [0.25, 0.3) is 0 Å². The van der Waals surface area contributed by atoms with Crippen LogP contribution in [-0.4, -0.2) is 19.0 Å². The zero-order valence-electron chi connectivity index (χ0n) is 10.4. The number of esters is 1. The lowest BCUT2D eigenvalue weighted by Gasteiger charge is -2.24. The number of rotatable bonds is 4. The van der Waals surface area contributed by atoms with E-state index in [9.17, 15) is 9.59 Å². The van der Waals surface area contributed by atoms with Crippen molar-refractivity contribution < 1.29 is 14.3 Å². The number of methoxy groups -OCH3 is 1. The maximum absolute atomic E-state index is 11.7. The quantitative estimate of drug-likeness (QED) is 0.832. The van der Waals surface area contributed by atoms with Gasteiger partial charge in [0.2, 0.25) is 5.91 Å². The largest absolute Gasteiger partial charge is 0.465 e. The topological polar surface area (TPSA) is 55.4 Å². The van der Waals surface area contributed by atoms with Gasteiger partial charge in [-0.2, -0.15) is 0 Å². The van der Waals surface area contributed by atoms with E-state index in [0.29, 0.717) is 23.6 Å². The van der Waals surface area contributed by atoms with E-state index in [2.05, 4.69) is 10.1 Å². The zero-order chi connectivity index (χ0) is 13.0. The van der Waals surface area contributed by atoms with Gasteiger partial charge in [0.1, 0.15) is 0 Å². The van der Waals surface area contributed by atoms with Gasteiger partial charge in [-0.05, 0) is 43.0 Å². The molecule has 0 unspecified atom stereocenters. The summed E-state index contributed by atoms with van der Waals surface area (Å²) in [5.41, 5.74) is 1.20. The Kier molecular flexibility index (Phi) is 3.97. The molecule has 1 fully saturated rings. The van der Waals surface area contributed by atoms with Crippen molar-refractivity contribution in [2.45, 2.75) is 25.7 Å². The number of benzene rings is 1. The predicted molar refractivity (Wildman–Crippen MR) is 68.4 cm³/mol. The highest BCUT2D eigenvalue weighted by molar-refractivity contribution is 5.93. The second-order valence-corrected chi connectivity index (χ2v) is 4.62. The summed E-state index contributed by atoms with van der Waals surface area (Å²) in [6.07, 6.45) is 4.16. The third-order valence-electron chi connectivity index (χ3n) is 3.29. The van der Waals surface area contributed by atoms with Gasteiger partial charge in [0, 0.05) is 12.1 Å². The highest BCUT2D eigenvalue weighted by Gasteiger charge is 2.20. The van der Waals surface area contributed by atoms with Crippen LogP contribution in [0.15, 0.2) is 24.3 Å². The first-order valence-corrected chi connectivity index (χ1v) is 6.17. The molecule has 1 aliphatic rings. The van der Waals surface area contributed by atoms with Crippen molar-refractivity contribution in [3.63, 3.8) is 0 Å². The van der Waals surface area contributed by atoms with Gasteiger partial charge in [0.15, 0.2) is 0 Å². The van der Waals surface area contributed by atoms with Crippen molar-refractivity contribution in [3.8, 4) is 0 Å². The maximum atomic E-state index is 11.7. The molecule has 0 aliphatic heterocycles. The maximum Gasteiger partial charge on any atom is 0.337 e. The molecule has 0 heterocycles. The van der Waals surface area contributed by atoms with Crippen molar-refractivity contribution in [1.29, 1.82) is 0 Å². The van der Waals surface area contributed by atoms with Crippen LogP contribution >= 0.6 is 0 Å². The summed E-state index contributed by atoms with van der Waals surface area (Å²) >= 11 is 0. The van der Waals surface area contributed by atoms with E-state index in [0.717, 1.165) is 12.8 Å². The molecule has 4 nitrogen and oxygen atoms in total. The fourth-order valence-corrected chi connectivity index (χ4v) is 1.98. The van der Waals surface area contributed by atoms with Crippen LogP contribution in [0.4, 0.5) is 5.69 Å². The first-order chi connectivity index (χ1) is 8.69. The van der Waals surface area contributed by atoms with E-state index >= 15 is 0 Å². The van der Waals surface area contributed by atoms with Gasteiger partial charge in [-0.15, -0.1) is 0 Å². The Labute approximate surface area is 106 Å². The summed E-state index contributed by atoms with van der Waals surface area (Å²) in [7, 11) is 1.34. The van der Waals surface area contributed by atoms with Crippen LogP contribution in [-0.2, 0) is 9.53 Å². The third-order valence-corrected chi connectivity index (χ3v) is 3.29. The van der Waals surface area contributed by atoms with Gasteiger partial charge in [0.05, 0.1) is 12.7 Å². The highest BCUT2D eigenvalue weighted by Crippen LogP contribution is 2.29. The molecule has 0 radical (unpaired) electrons. The van der Waals surface area contributed by atoms with Crippen LogP contribution in [0.1, 0.15) is 36.0 Å². The minimum atomic E-state index is -0.373. The van der Waals surface area contributed by atoms with Gasteiger partial charge >= 0.3 is 5.97 Å². The zero-order valence-corrected chi connectivity index (χ0v) is 10.4. The number of hydrogen-bond donors (Lipinski definition) is 1. The van der Waals surface area contributed by atoms with E-state index in [1.807, 2.05) is 0 Å². The number of carbonyl (C=O) groups is 2. The molecule has 1 aliphatic carbocycles. The molecule has 1 saturated carbocycles. The molecular formula is C14H17NO3. The van der Waals surface area contributed by atoms with Crippen molar-refractivity contribution >= 4 is 17.6 Å². The molecule has 1 aromatic carbocycles. The van der Waals surface area contributed by atoms with E-state index in [1.54, 1.807) is 24.3 Å². The van der Waals surface area contributed by atoms with Crippen molar-refractivity contribution in [1.82, 2.24) is 0 Å². The van der Waals surface area contributed by atoms with Gasteiger partial charge in [-0.25, -0.2) is 4.79 Å². The number of amides is 1. The number of hydrogen-bond acceptors (Lipinski definition) is 3. The summed E-state index contributed by atoms with van der Waals surface area (Å²) in [5.74, 6) is 0.229. The average molecular weight is 247 g/mol. The number of nitrogens with one attached hydrogen (secondary N) is 1. The Morgan fingerprint density at radius 1 is 1.28 bits per heavy atom. The third kappa shape index (κ3) is 3.09. The first kappa shape index (κ1) is 12.6. The Morgan fingerprint density at radius 3 is 2.44 bits per heavy atom. The molecule has 18 heavy (non-hydrogen) atoms. The van der Waals surface area contributed by atoms with Gasteiger partial charge in [0.25, 0.3) is 0 Å². The van der Waals surface area contributed by atoms with Gasteiger partial charge < -0.3 is 10.1 Å². The lowest BCUT2D eigenvalue weighted by Crippen LogP contribution is -2.20. The summed E-state index contributed by atoms with van der Waals surface area (Å²) in [5, 5.41) is 2.83. The van der Waals surface area contributed by atoms with Gasteiger partial charge in [-0.3, -0.25) is 4.79 Å². The molecular weight excluding hydrogens is 230 g/mol. The molecule has 0 saturated heterocycles. The molecule has 1 N–H and O–H groups in total. The molecule has 0 spiro atoms. The predicted octanol–water partition coefficient (Wildman–Crippen LogP) is 2.60. The lowest BCUT2D eigenvalue weighted by molar-refractivity contribution is -0.117. The molecule has 0 aromatic heterocycles. The van der Waals surface area contributed by atoms with Crippen LogP contribution in [0.5, 0.6) is 0 Å². The summed E-state index contributed by atoms with van der Waals surface area (Å²) in [4.78, 5) is 22.9. The highest BCUT2D eigenvalue weighted by atomic mass is 16.5. The van der Waals surface area contributed by atoms with E-state index in [-0.39, 0.29) is 11.9 Å². The van der Waals surface area contributed by atoms with Crippen LogP contribution in [0.3, 0.4) is 0 Å².